The number of nitrogens with one attached hydrogen (secondary N) is 1. The fourth-order valence-corrected chi connectivity index (χ4v) is 2.68. The lowest BCUT2D eigenvalue weighted by Gasteiger charge is -2.21. The maximum atomic E-state index is 12.3. The van der Waals surface area contributed by atoms with Crippen molar-refractivity contribution in [3.05, 3.63) is 40.7 Å². The Morgan fingerprint density at radius 1 is 1.28 bits per heavy atom. The second kappa shape index (κ2) is 10.0. The Morgan fingerprint density at radius 2 is 2.00 bits per heavy atom. The largest absolute Gasteiger partial charge is 0.467 e. The van der Waals surface area contributed by atoms with Gasteiger partial charge in [-0.3, -0.25) is 4.79 Å². The SMILES string of the molecule is CC[C@H](C)[C@@H](NC(=O)COC(=O)c1nn(-c2cccc(Cl)c2)nc1C)C(=O)OC. The molecule has 0 aliphatic carbocycles. The molecule has 9 nitrogen and oxygen atoms in total. The first-order valence-corrected chi connectivity index (χ1v) is 9.38. The first-order valence-electron chi connectivity index (χ1n) is 9.01. The van der Waals surface area contributed by atoms with Crippen LogP contribution in [0.2, 0.25) is 5.02 Å². The van der Waals surface area contributed by atoms with Crippen molar-refractivity contribution in [3.8, 4) is 5.69 Å². The Kier molecular flexibility index (Phi) is 7.72. The zero-order chi connectivity index (χ0) is 21.6. The predicted octanol–water partition coefficient (Wildman–Crippen LogP) is 2.09. The number of aromatic nitrogens is 3. The molecule has 2 rings (SSSR count). The molecule has 29 heavy (non-hydrogen) atoms. The topological polar surface area (TPSA) is 112 Å². The lowest BCUT2D eigenvalue weighted by Crippen LogP contribution is -2.47. The number of nitrogens with zero attached hydrogens (tertiary/aromatic N) is 3. The first kappa shape index (κ1) is 22.4. The molecule has 1 N–H and O–H groups in total. The van der Waals surface area contributed by atoms with Crippen molar-refractivity contribution in [1.29, 1.82) is 0 Å². The quantitative estimate of drug-likeness (QED) is 0.648. The molecule has 0 fully saturated rings. The van der Waals surface area contributed by atoms with E-state index in [1.165, 1.54) is 11.9 Å². The number of benzene rings is 1. The molecule has 10 heteroatoms. The van der Waals surface area contributed by atoms with Crippen LogP contribution in [0, 0.1) is 12.8 Å². The number of hydrogen-bond donors (Lipinski definition) is 1. The molecular weight excluding hydrogens is 400 g/mol. The van der Waals surface area contributed by atoms with E-state index in [2.05, 4.69) is 15.5 Å². The number of hydrogen-bond acceptors (Lipinski definition) is 7. The van der Waals surface area contributed by atoms with E-state index in [4.69, 9.17) is 21.1 Å². The lowest BCUT2D eigenvalue weighted by molar-refractivity contribution is -0.147. The Hall–Kier alpha value is -2.94. The molecule has 0 bridgehead atoms. The molecule has 0 saturated carbocycles. The van der Waals surface area contributed by atoms with Crippen LogP contribution in [-0.2, 0) is 19.1 Å². The second-order valence-electron chi connectivity index (χ2n) is 6.43. The number of carbonyl (C=O) groups excluding carboxylic acids is 3. The molecule has 2 aromatic rings. The van der Waals surface area contributed by atoms with Gasteiger partial charge in [-0.15, -0.1) is 5.10 Å². The molecule has 1 heterocycles. The van der Waals surface area contributed by atoms with E-state index in [9.17, 15) is 14.4 Å². The van der Waals surface area contributed by atoms with E-state index in [1.807, 2.05) is 13.8 Å². The van der Waals surface area contributed by atoms with Crippen molar-refractivity contribution in [2.45, 2.75) is 33.2 Å². The lowest BCUT2D eigenvalue weighted by atomic mass is 9.99. The molecular formula is C19H23ClN4O5. The van der Waals surface area contributed by atoms with Crippen LogP contribution in [0.15, 0.2) is 24.3 Å². The van der Waals surface area contributed by atoms with Gasteiger partial charge >= 0.3 is 11.9 Å². The van der Waals surface area contributed by atoms with Crippen molar-refractivity contribution in [2.24, 2.45) is 5.92 Å². The number of ether oxygens (including phenoxy) is 2. The van der Waals surface area contributed by atoms with Gasteiger partial charge in [-0.05, 0) is 31.0 Å². The van der Waals surface area contributed by atoms with Crippen molar-refractivity contribution in [2.75, 3.05) is 13.7 Å². The summed E-state index contributed by atoms with van der Waals surface area (Å²) in [6.45, 7) is 4.73. The summed E-state index contributed by atoms with van der Waals surface area (Å²) in [5.74, 6) is -2.11. The van der Waals surface area contributed by atoms with E-state index in [-0.39, 0.29) is 11.6 Å². The second-order valence-corrected chi connectivity index (χ2v) is 6.87. The summed E-state index contributed by atoms with van der Waals surface area (Å²) in [6, 6.07) is 5.99. The van der Waals surface area contributed by atoms with Crippen LogP contribution in [0.25, 0.3) is 5.69 Å². The van der Waals surface area contributed by atoms with Gasteiger partial charge in [0.1, 0.15) is 6.04 Å². The van der Waals surface area contributed by atoms with Gasteiger partial charge in [0.05, 0.1) is 18.5 Å². The van der Waals surface area contributed by atoms with Crippen LogP contribution in [0.4, 0.5) is 0 Å². The minimum absolute atomic E-state index is 0.0239. The Balaban J connectivity index is 2.02. The molecule has 1 aromatic heterocycles. The van der Waals surface area contributed by atoms with Gasteiger partial charge in [-0.2, -0.15) is 9.90 Å². The predicted molar refractivity (Wildman–Crippen MR) is 105 cm³/mol. The maximum Gasteiger partial charge on any atom is 0.361 e. The highest BCUT2D eigenvalue weighted by molar-refractivity contribution is 6.30. The summed E-state index contributed by atoms with van der Waals surface area (Å²) in [5, 5.41) is 11.3. The van der Waals surface area contributed by atoms with Crippen LogP contribution < -0.4 is 5.32 Å². The van der Waals surface area contributed by atoms with E-state index < -0.39 is 30.5 Å². The number of carbonyl (C=O) groups is 3. The number of halogens is 1. The molecule has 2 atom stereocenters. The molecule has 0 aliphatic heterocycles. The molecule has 0 saturated heterocycles. The fraction of sp³-hybridized carbons (Fsp3) is 0.421. The highest BCUT2D eigenvalue weighted by Gasteiger charge is 2.27. The highest BCUT2D eigenvalue weighted by atomic mass is 35.5. The Morgan fingerprint density at radius 3 is 2.62 bits per heavy atom. The third-order valence-corrected chi connectivity index (χ3v) is 4.57. The molecule has 1 amide bonds. The Labute approximate surface area is 173 Å². The smallest absolute Gasteiger partial charge is 0.361 e. The van der Waals surface area contributed by atoms with Gasteiger partial charge in [-0.1, -0.05) is 37.9 Å². The summed E-state index contributed by atoms with van der Waals surface area (Å²) in [5.41, 5.74) is 0.888. The molecule has 0 spiro atoms. The molecule has 0 aliphatic rings. The standard InChI is InChI=1S/C19H23ClN4O5/c1-5-11(2)16(18(26)28-4)21-15(25)10-29-19(27)17-12(3)22-24(23-17)14-8-6-7-13(20)9-14/h6-9,11,16H,5,10H2,1-4H3,(H,21,25)/t11-,16+/m0/s1. The average Bonchev–Trinajstić information content (AvgIpc) is 3.10. The van der Waals surface area contributed by atoms with Crippen molar-refractivity contribution < 1.29 is 23.9 Å². The summed E-state index contributed by atoms with van der Waals surface area (Å²) in [6.07, 6.45) is 0.658. The number of methoxy groups -OCH3 is 1. The number of esters is 2. The maximum absolute atomic E-state index is 12.3. The summed E-state index contributed by atoms with van der Waals surface area (Å²) >= 11 is 5.96. The number of amides is 1. The van der Waals surface area contributed by atoms with Gasteiger partial charge in [0.15, 0.2) is 12.3 Å². The van der Waals surface area contributed by atoms with Crippen LogP contribution in [0.1, 0.15) is 36.5 Å². The van der Waals surface area contributed by atoms with E-state index in [1.54, 1.807) is 31.2 Å². The monoisotopic (exact) mass is 422 g/mol. The van der Waals surface area contributed by atoms with Crippen molar-refractivity contribution in [3.63, 3.8) is 0 Å². The fourth-order valence-electron chi connectivity index (χ4n) is 2.49. The zero-order valence-corrected chi connectivity index (χ0v) is 17.4. The van der Waals surface area contributed by atoms with E-state index >= 15 is 0 Å². The van der Waals surface area contributed by atoms with Gasteiger partial charge < -0.3 is 14.8 Å². The van der Waals surface area contributed by atoms with E-state index in [0.717, 1.165) is 0 Å². The highest BCUT2D eigenvalue weighted by Crippen LogP contribution is 2.15. The van der Waals surface area contributed by atoms with Crippen LogP contribution in [0.3, 0.4) is 0 Å². The van der Waals surface area contributed by atoms with Crippen LogP contribution in [0.5, 0.6) is 0 Å². The number of rotatable bonds is 8. The van der Waals surface area contributed by atoms with Gasteiger partial charge in [0.25, 0.3) is 5.91 Å². The molecule has 156 valence electrons. The minimum atomic E-state index is -0.818. The molecule has 0 unspecified atom stereocenters. The Bertz CT molecular complexity index is 898. The summed E-state index contributed by atoms with van der Waals surface area (Å²) in [7, 11) is 1.25. The summed E-state index contributed by atoms with van der Waals surface area (Å²) in [4.78, 5) is 37.5. The first-order chi connectivity index (χ1) is 13.8. The van der Waals surface area contributed by atoms with Gasteiger partial charge in [-0.25, -0.2) is 9.59 Å². The van der Waals surface area contributed by atoms with Gasteiger partial charge in [0, 0.05) is 5.02 Å². The molecule has 0 radical (unpaired) electrons. The minimum Gasteiger partial charge on any atom is -0.467 e. The average molecular weight is 423 g/mol. The van der Waals surface area contributed by atoms with Gasteiger partial charge in [0.2, 0.25) is 0 Å². The molecule has 1 aromatic carbocycles. The van der Waals surface area contributed by atoms with Crippen molar-refractivity contribution in [1.82, 2.24) is 20.3 Å². The van der Waals surface area contributed by atoms with Crippen LogP contribution in [-0.4, -0.2) is 52.6 Å². The normalized spacial score (nSPS) is 12.7. The zero-order valence-electron chi connectivity index (χ0n) is 16.6. The number of aryl methyl sites for hydroxylation is 1. The summed E-state index contributed by atoms with van der Waals surface area (Å²) < 4.78 is 9.73. The third-order valence-electron chi connectivity index (χ3n) is 4.33. The van der Waals surface area contributed by atoms with Crippen LogP contribution >= 0.6 is 11.6 Å². The van der Waals surface area contributed by atoms with Crippen molar-refractivity contribution >= 4 is 29.4 Å². The third kappa shape index (κ3) is 5.77. The van der Waals surface area contributed by atoms with E-state index in [0.29, 0.717) is 22.8 Å².